The molecule has 1 aromatic carbocycles. The first-order valence-corrected chi connectivity index (χ1v) is 20.9. The second-order valence-electron chi connectivity index (χ2n) is 16.7. The van der Waals surface area contributed by atoms with Gasteiger partial charge in [0, 0.05) is 38.0 Å². The van der Waals surface area contributed by atoms with Crippen LogP contribution in [0.5, 0.6) is 0 Å². The molecule has 6 amide bonds. The molecule has 0 aromatic heterocycles. The number of aliphatic hydroxyl groups is 1. The summed E-state index contributed by atoms with van der Waals surface area (Å²) in [6.45, 7) is 17.2. The van der Waals surface area contributed by atoms with Crippen molar-refractivity contribution in [1.29, 1.82) is 0 Å². The zero-order valence-corrected chi connectivity index (χ0v) is 37.2. The maximum absolute atomic E-state index is 14.1. The van der Waals surface area contributed by atoms with Crippen molar-refractivity contribution in [3.8, 4) is 0 Å². The van der Waals surface area contributed by atoms with E-state index in [0.29, 0.717) is 12.8 Å². The number of amides is 6. The van der Waals surface area contributed by atoms with Gasteiger partial charge in [0.1, 0.15) is 24.2 Å². The van der Waals surface area contributed by atoms with Crippen molar-refractivity contribution < 1.29 is 43.4 Å². The Morgan fingerprint density at radius 3 is 1.95 bits per heavy atom. The number of carbonyl (C=O) groups is 7. The normalized spacial score (nSPS) is 29.1. The SMILES string of the molecule is CC[C@H](C)[C@H]1NC(=O)[C@@H](C)NC(=O)[C@H]([C@@H](C)CC)NC(=O)CN(C)C(=O)[C@@H](Cc2ccccc2)N(C)C(=O)[C@H](C)NC(=O)[C@@H](CC(C)C)OC(=O)/C(C)=C/C[C@H](O)[C@@H]1C. The van der Waals surface area contributed by atoms with E-state index in [4.69, 9.17) is 4.74 Å². The first-order valence-electron chi connectivity index (χ1n) is 20.9. The van der Waals surface area contributed by atoms with E-state index in [1.807, 2.05) is 52.8 Å². The molecule has 0 unspecified atom stereocenters. The topological polar surface area (TPSA) is 204 Å². The Hall–Kier alpha value is -4.79. The zero-order chi connectivity index (χ0) is 44.7. The largest absolute Gasteiger partial charge is 0.449 e. The van der Waals surface area contributed by atoms with Gasteiger partial charge in [0.25, 0.3) is 5.91 Å². The molecule has 2 rings (SSSR count). The number of carbonyl (C=O) groups excluding carboxylic acids is 7. The molecule has 330 valence electrons. The van der Waals surface area contributed by atoms with Crippen molar-refractivity contribution in [2.75, 3.05) is 20.6 Å². The number of aliphatic hydroxyl groups excluding tert-OH is 1. The minimum atomic E-state index is -1.24. The van der Waals surface area contributed by atoms with E-state index in [0.717, 1.165) is 5.56 Å². The molecule has 0 fully saturated rings. The fraction of sp³-hybridized carbons (Fsp3) is 0.659. The summed E-state index contributed by atoms with van der Waals surface area (Å²) in [7, 11) is 2.87. The third kappa shape index (κ3) is 15.1. The van der Waals surface area contributed by atoms with Crippen molar-refractivity contribution in [2.24, 2.45) is 23.7 Å². The summed E-state index contributed by atoms with van der Waals surface area (Å²) >= 11 is 0. The molecule has 0 saturated carbocycles. The van der Waals surface area contributed by atoms with Gasteiger partial charge in [-0.15, -0.1) is 0 Å². The molecule has 0 radical (unpaired) electrons. The van der Waals surface area contributed by atoms with Crippen molar-refractivity contribution in [3.05, 3.63) is 47.5 Å². The van der Waals surface area contributed by atoms with E-state index in [-0.39, 0.29) is 42.6 Å². The number of cyclic esters (lactones) is 1. The second kappa shape index (κ2) is 23.7. The maximum Gasteiger partial charge on any atom is 0.334 e. The molecule has 0 aliphatic carbocycles. The molecule has 1 aliphatic rings. The first kappa shape index (κ1) is 50.4. The molecular weight excluding hydrogens is 757 g/mol. The highest BCUT2D eigenvalue weighted by molar-refractivity contribution is 5.96. The van der Waals surface area contributed by atoms with E-state index >= 15 is 0 Å². The molecule has 15 nitrogen and oxygen atoms in total. The quantitative estimate of drug-likeness (QED) is 0.244. The number of ether oxygens (including phenoxy) is 1. The van der Waals surface area contributed by atoms with Gasteiger partial charge < -0.3 is 40.9 Å². The Labute approximate surface area is 350 Å². The number of likely N-dealkylation sites (N-methyl/N-ethyl adjacent to an activating group) is 2. The van der Waals surface area contributed by atoms with Gasteiger partial charge in [-0.3, -0.25) is 28.8 Å². The van der Waals surface area contributed by atoms with Crippen LogP contribution < -0.4 is 21.3 Å². The van der Waals surface area contributed by atoms with Crippen LogP contribution in [0.25, 0.3) is 0 Å². The molecule has 59 heavy (non-hydrogen) atoms. The lowest BCUT2D eigenvalue weighted by atomic mass is 9.84. The lowest BCUT2D eigenvalue weighted by molar-refractivity contribution is -0.154. The van der Waals surface area contributed by atoms with Gasteiger partial charge in [-0.1, -0.05) is 97.7 Å². The molecule has 1 heterocycles. The summed E-state index contributed by atoms with van der Waals surface area (Å²) in [6.07, 6.45) is 0.797. The van der Waals surface area contributed by atoms with Crippen molar-refractivity contribution in [2.45, 2.75) is 144 Å². The second-order valence-corrected chi connectivity index (χ2v) is 16.7. The van der Waals surface area contributed by atoms with Crippen molar-refractivity contribution in [1.82, 2.24) is 31.1 Å². The lowest BCUT2D eigenvalue weighted by Crippen LogP contribution is -2.58. The molecule has 0 spiro atoms. The molecule has 0 bridgehead atoms. The van der Waals surface area contributed by atoms with Gasteiger partial charge >= 0.3 is 5.97 Å². The van der Waals surface area contributed by atoms with Crippen LogP contribution >= 0.6 is 0 Å². The van der Waals surface area contributed by atoms with Gasteiger partial charge in [-0.05, 0) is 56.9 Å². The first-order chi connectivity index (χ1) is 27.6. The number of esters is 1. The number of nitrogens with one attached hydrogen (secondary N) is 4. The van der Waals surface area contributed by atoms with E-state index in [9.17, 15) is 38.7 Å². The molecule has 5 N–H and O–H groups in total. The fourth-order valence-corrected chi connectivity index (χ4v) is 6.92. The van der Waals surface area contributed by atoms with Crippen LogP contribution in [-0.4, -0.2) is 119 Å². The van der Waals surface area contributed by atoms with Gasteiger partial charge in [0.15, 0.2) is 6.10 Å². The third-order valence-corrected chi connectivity index (χ3v) is 11.4. The Morgan fingerprint density at radius 1 is 0.780 bits per heavy atom. The number of benzene rings is 1. The van der Waals surface area contributed by atoms with Crippen LogP contribution in [0.3, 0.4) is 0 Å². The Kier molecular flexibility index (Phi) is 20.2. The van der Waals surface area contributed by atoms with Gasteiger partial charge in [0.2, 0.25) is 29.5 Å². The molecule has 1 aromatic rings. The predicted molar refractivity (Wildman–Crippen MR) is 225 cm³/mol. The monoisotopic (exact) mass is 827 g/mol. The Morgan fingerprint density at radius 2 is 1.37 bits per heavy atom. The van der Waals surface area contributed by atoms with Crippen LogP contribution in [0, 0.1) is 23.7 Å². The highest BCUT2D eigenvalue weighted by Gasteiger charge is 2.36. The van der Waals surface area contributed by atoms with Crippen LogP contribution in [0.2, 0.25) is 0 Å². The predicted octanol–water partition coefficient (Wildman–Crippen LogP) is 2.89. The number of rotatable bonds is 8. The van der Waals surface area contributed by atoms with E-state index in [2.05, 4.69) is 21.3 Å². The number of hydrogen-bond acceptors (Lipinski definition) is 9. The molecular formula is C44H70N6O9. The summed E-state index contributed by atoms with van der Waals surface area (Å²) < 4.78 is 5.68. The molecule has 10 atom stereocenters. The Balaban J connectivity index is 2.61. The average molecular weight is 827 g/mol. The van der Waals surface area contributed by atoms with Crippen LogP contribution in [-0.2, 0) is 44.7 Å². The maximum atomic E-state index is 14.1. The third-order valence-electron chi connectivity index (χ3n) is 11.4. The summed E-state index contributed by atoms with van der Waals surface area (Å²) in [5.74, 6) is -5.25. The van der Waals surface area contributed by atoms with Gasteiger partial charge in [-0.25, -0.2) is 4.79 Å². The summed E-state index contributed by atoms with van der Waals surface area (Å²) in [4.78, 5) is 98.3. The zero-order valence-electron chi connectivity index (χ0n) is 37.2. The van der Waals surface area contributed by atoms with E-state index in [1.54, 1.807) is 26.0 Å². The van der Waals surface area contributed by atoms with E-state index < -0.39 is 96.3 Å². The highest BCUT2D eigenvalue weighted by Crippen LogP contribution is 2.23. The minimum absolute atomic E-state index is 0.0461. The van der Waals surface area contributed by atoms with Crippen molar-refractivity contribution in [3.63, 3.8) is 0 Å². The lowest BCUT2D eigenvalue weighted by Gasteiger charge is -2.34. The van der Waals surface area contributed by atoms with Crippen LogP contribution in [0.4, 0.5) is 0 Å². The fourth-order valence-electron chi connectivity index (χ4n) is 6.92. The summed E-state index contributed by atoms with van der Waals surface area (Å²) in [6, 6.07) is 4.26. The molecule has 0 saturated heterocycles. The molecule has 15 heteroatoms. The standard InChI is InChI=1S/C44H70N6O9/c1-13-26(5)37-29(8)34(51)21-20-28(7)44(58)59-35(22-25(3)4)40(54)46-31(10)42(56)50(12)33(23-32-18-16-15-17-19-32)43(57)49(11)24-36(52)47-38(27(6)14-2)41(55)45-30(9)39(53)48-37/h15-20,25-27,29-31,33-35,37-38,51H,13-14,21-24H2,1-12H3,(H,45,55)(H,46,54)(H,47,52)(H,48,53)/b28-20+/t26-,27-,29-,30+,31-,33+,34-,35+,37+,38-/m0/s1. The van der Waals surface area contributed by atoms with Gasteiger partial charge in [0.05, 0.1) is 12.6 Å². The smallest absolute Gasteiger partial charge is 0.334 e. The number of nitrogens with zero attached hydrogens (tertiary/aromatic N) is 2. The number of hydrogen-bond donors (Lipinski definition) is 5. The highest BCUT2D eigenvalue weighted by atomic mass is 16.5. The van der Waals surface area contributed by atoms with Gasteiger partial charge in [-0.2, -0.15) is 0 Å². The summed E-state index contributed by atoms with van der Waals surface area (Å²) in [5, 5.41) is 22.5. The summed E-state index contributed by atoms with van der Waals surface area (Å²) in [5.41, 5.74) is 0.911. The molecule has 1 aliphatic heterocycles. The van der Waals surface area contributed by atoms with Crippen LogP contribution in [0.15, 0.2) is 42.0 Å². The van der Waals surface area contributed by atoms with Crippen LogP contribution in [0.1, 0.15) is 100 Å². The van der Waals surface area contributed by atoms with E-state index in [1.165, 1.54) is 50.7 Å². The minimum Gasteiger partial charge on any atom is -0.449 e. The average Bonchev–Trinajstić information content (AvgIpc) is 3.20. The van der Waals surface area contributed by atoms with Crippen molar-refractivity contribution >= 4 is 41.4 Å². The Bertz CT molecular complexity index is 1640.